The number of rotatable bonds is 4. The molecule has 0 aromatic heterocycles. The minimum absolute atomic E-state index is 0.0126. The molecule has 1 aromatic rings. The van der Waals surface area contributed by atoms with E-state index >= 15 is 0 Å². The first-order chi connectivity index (χ1) is 12.1. The largest absolute Gasteiger partial charge is 0.356 e. The van der Waals surface area contributed by atoms with Gasteiger partial charge in [-0.05, 0) is 36.5 Å². The highest BCUT2D eigenvalue weighted by atomic mass is 32.2. The first-order valence-electron chi connectivity index (χ1n) is 8.75. The maximum absolute atomic E-state index is 12.5. The summed E-state index contributed by atoms with van der Waals surface area (Å²) in [6.07, 6.45) is 1.87. The number of urea groups is 1. The minimum Gasteiger partial charge on any atom is -0.356 e. The Labute approximate surface area is 157 Å². The molecule has 0 atom stereocenters. The maximum atomic E-state index is 12.5. The lowest BCUT2D eigenvalue weighted by molar-refractivity contribution is -0.119. The third-order valence-corrected chi connectivity index (χ3v) is 7.68. The molecule has 2 N–H and O–H groups in total. The van der Waals surface area contributed by atoms with Gasteiger partial charge in [0.05, 0.1) is 4.58 Å². The van der Waals surface area contributed by atoms with Gasteiger partial charge in [-0.3, -0.25) is 4.79 Å². The Morgan fingerprint density at radius 1 is 1.20 bits per heavy atom. The summed E-state index contributed by atoms with van der Waals surface area (Å²) in [5.74, 6) is 2.87. The maximum Gasteiger partial charge on any atom is 0.321 e. The summed E-state index contributed by atoms with van der Waals surface area (Å²) in [5.41, 5.74) is 2.15. The number of benzene rings is 1. The van der Waals surface area contributed by atoms with Gasteiger partial charge in [0.2, 0.25) is 5.91 Å². The van der Waals surface area contributed by atoms with E-state index in [1.165, 1.54) is 17.1 Å². The molecule has 3 amide bonds. The van der Waals surface area contributed by atoms with Crippen LogP contribution in [0.15, 0.2) is 24.3 Å². The Kier molecular flexibility index (Phi) is 6.53. The fourth-order valence-corrected chi connectivity index (χ4v) is 5.98. The normalized spacial score (nSPS) is 19.0. The lowest BCUT2D eigenvalue weighted by Crippen LogP contribution is -2.43. The third-order valence-electron chi connectivity index (χ3n) is 4.57. The van der Waals surface area contributed by atoms with Gasteiger partial charge in [-0.1, -0.05) is 12.1 Å². The van der Waals surface area contributed by atoms with Gasteiger partial charge in [-0.25, -0.2) is 4.79 Å². The number of thioether (sulfide) groups is 2. The summed E-state index contributed by atoms with van der Waals surface area (Å²) < 4.78 is 0.487. The molecule has 3 rings (SSSR count). The van der Waals surface area contributed by atoms with Crippen molar-refractivity contribution >= 4 is 41.1 Å². The van der Waals surface area contributed by atoms with Crippen LogP contribution in [0.2, 0.25) is 0 Å². The Morgan fingerprint density at radius 2 is 1.92 bits per heavy atom. The molecule has 2 fully saturated rings. The number of piperidine rings is 1. The molecular formula is C18H25N3O2S2. The molecule has 2 saturated heterocycles. The van der Waals surface area contributed by atoms with E-state index in [4.69, 9.17) is 0 Å². The molecule has 0 saturated carbocycles. The first-order valence-corrected chi connectivity index (χ1v) is 10.8. The molecule has 5 nitrogen and oxygen atoms in total. The zero-order valence-electron chi connectivity index (χ0n) is 14.5. The van der Waals surface area contributed by atoms with Crippen molar-refractivity contribution in [3.05, 3.63) is 29.8 Å². The molecule has 0 unspecified atom stereocenters. The Morgan fingerprint density at radius 3 is 2.60 bits per heavy atom. The molecule has 2 aliphatic rings. The summed E-state index contributed by atoms with van der Waals surface area (Å²) >= 11 is 3.94. The van der Waals surface area contributed by atoms with E-state index in [0.717, 1.165) is 31.6 Å². The van der Waals surface area contributed by atoms with Crippen LogP contribution in [0.1, 0.15) is 29.9 Å². The topological polar surface area (TPSA) is 61.4 Å². The van der Waals surface area contributed by atoms with Crippen LogP contribution in [0.4, 0.5) is 10.5 Å². The van der Waals surface area contributed by atoms with E-state index in [-0.39, 0.29) is 11.9 Å². The van der Waals surface area contributed by atoms with E-state index in [2.05, 4.69) is 22.8 Å². The minimum atomic E-state index is -0.0261. The lowest BCUT2D eigenvalue weighted by atomic mass is 9.97. The number of hydrogen-bond acceptors (Lipinski definition) is 4. The number of carbonyl (C=O) groups is 2. The second kappa shape index (κ2) is 8.85. The highest BCUT2D eigenvalue weighted by molar-refractivity contribution is 8.19. The molecule has 0 spiro atoms. The zero-order chi connectivity index (χ0) is 17.6. The summed E-state index contributed by atoms with van der Waals surface area (Å²) in [7, 11) is 0. The molecule has 0 radical (unpaired) electrons. The highest BCUT2D eigenvalue weighted by Crippen LogP contribution is 2.45. The first kappa shape index (κ1) is 18.5. The van der Waals surface area contributed by atoms with Crippen molar-refractivity contribution in [3.8, 4) is 0 Å². The van der Waals surface area contributed by atoms with Crippen LogP contribution in [0.3, 0.4) is 0 Å². The standard InChI is InChI=1S/C18H25N3O2S2/c1-13(22)19-12-14-5-7-21(8-6-14)18(23)20-16-4-2-3-15(11-16)17-24-9-10-25-17/h2-4,11,14,17H,5-10,12H2,1H3,(H,19,22)(H,20,23). The number of anilines is 1. The number of hydrogen-bond donors (Lipinski definition) is 2. The average Bonchev–Trinajstić information content (AvgIpc) is 3.15. The predicted molar refractivity (Wildman–Crippen MR) is 106 cm³/mol. The number of likely N-dealkylation sites (tertiary alicyclic amines) is 1. The monoisotopic (exact) mass is 379 g/mol. The Balaban J connectivity index is 1.49. The fourth-order valence-electron chi connectivity index (χ4n) is 3.14. The van der Waals surface area contributed by atoms with Gasteiger partial charge in [0, 0.05) is 43.8 Å². The van der Waals surface area contributed by atoms with E-state index < -0.39 is 0 Å². The summed E-state index contributed by atoms with van der Waals surface area (Å²) in [4.78, 5) is 25.4. The van der Waals surface area contributed by atoms with Gasteiger partial charge in [0.1, 0.15) is 0 Å². The number of carbonyl (C=O) groups excluding carboxylic acids is 2. The van der Waals surface area contributed by atoms with Crippen molar-refractivity contribution < 1.29 is 9.59 Å². The molecule has 0 bridgehead atoms. The zero-order valence-corrected chi connectivity index (χ0v) is 16.1. The average molecular weight is 380 g/mol. The fraction of sp³-hybridized carbons (Fsp3) is 0.556. The Hall–Kier alpha value is -1.34. The van der Waals surface area contributed by atoms with Gasteiger partial charge in [0.15, 0.2) is 0 Å². The smallest absolute Gasteiger partial charge is 0.321 e. The van der Waals surface area contributed by atoms with Crippen molar-refractivity contribution in [2.75, 3.05) is 36.5 Å². The van der Waals surface area contributed by atoms with E-state index in [1.54, 1.807) is 6.92 Å². The van der Waals surface area contributed by atoms with Gasteiger partial charge in [-0.2, -0.15) is 0 Å². The second-order valence-corrected chi connectivity index (χ2v) is 9.22. The van der Waals surface area contributed by atoms with Gasteiger partial charge >= 0.3 is 6.03 Å². The van der Waals surface area contributed by atoms with Crippen LogP contribution in [-0.2, 0) is 4.79 Å². The molecule has 2 heterocycles. The van der Waals surface area contributed by atoms with Crippen molar-refractivity contribution in [2.45, 2.75) is 24.3 Å². The van der Waals surface area contributed by atoms with E-state index in [0.29, 0.717) is 17.0 Å². The van der Waals surface area contributed by atoms with E-state index in [1.807, 2.05) is 40.6 Å². The van der Waals surface area contributed by atoms with Crippen molar-refractivity contribution in [3.63, 3.8) is 0 Å². The van der Waals surface area contributed by atoms with Crippen LogP contribution in [0.25, 0.3) is 0 Å². The molecule has 25 heavy (non-hydrogen) atoms. The number of amides is 3. The molecular weight excluding hydrogens is 354 g/mol. The highest BCUT2D eigenvalue weighted by Gasteiger charge is 2.23. The summed E-state index contributed by atoms with van der Waals surface area (Å²) in [6, 6.07) is 8.18. The van der Waals surface area contributed by atoms with Crippen molar-refractivity contribution in [1.29, 1.82) is 0 Å². The van der Waals surface area contributed by atoms with Crippen molar-refractivity contribution in [2.24, 2.45) is 5.92 Å². The van der Waals surface area contributed by atoms with Gasteiger partial charge in [0.25, 0.3) is 0 Å². The molecule has 1 aromatic carbocycles. The molecule has 7 heteroatoms. The molecule has 136 valence electrons. The van der Waals surface area contributed by atoms with E-state index in [9.17, 15) is 9.59 Å². The van der Waals surface area contributed by atoms with Crippen LogP contribution in [0, 0.1) is 5.92 Å². The second-order valence-electron chi connectivity index (χ2n) is 6.50. The van der Waals surface area contributed by atoms with Crippen LogP contribution >= 0.6 is 23.5 Å². The number of nitrogens with one attached hydrogen (secondary N) is 2. The quantitative estimate of drug-likeness (QED) is 0.840. The van der Waals surface area contributed by atoms with Crippen molar-refractivity contribution in [1.82, 2.24) is 10.2 Å². The van der Waals surface area contributed by atoms with Crippen LogP contribution in [-0.4, -0.2) is 48.0 Å². The van der Waals surface area contributed by atoms with Crippen LogP contribution in [0.5, 0.6) is 0 Å². The molecule has 0 aliphatic carbocycles. The number of nitrogens with zero attached hydrogens (tertiary/aromatic N) is 1. The predicted octanol–water partition coefficient (Wildman–Crippen LogP) is 3.55. The Bertz CT molecular complexity index is 612. The van der Waals surface area contributed by atoms with Gasteiger partial charge < -0.3 is 15.5 Å². The molecule has 2 aliphatic heterocycles. The summed E-state index contributed by atoms with van der Waals surface area (Å²) in [5, 5.41) is 5.91. The van der Waals surface area contributed by atoms with Gasteiger partial charge in [-0.15, -0.1) is 23.5 Å². The lowest BCUT2D eigenvalue weighted by Gasteiger charge is -2.32. The summed E-state index contributed by atoms with van der Waals surface area (Å²) in [6.45, 7) is 3.73. The van der Waals surface area contributed by atoms with Crippen LogP contribution < -0.4 is 10.6 Å². The SMILES string of the molecule is CC(=O)NCC1CCN(C(=O)Nc2cccc(C3SCCS3)c2)CC1. The third kappa shape index (κ3) is 5.31.